The van der Waals surface area contributed by atoms with E-state index in [9.17, 15) is 53.1 Å². The Bertz CT molecular complexity index is 1780. The van der Waals surface area contributed by atoms with Crippen LogP contribution in [0.2, 0.25) is 0 Å². The largest absolute Gasteiger partial charge is 0.481 e. The SMILES string of the molecule is CCCCCC/C=C/SCCNC(=O)CCNC(=O)[C@H](O)C(C)(C)COP(=O)(O)OP(=O)(O)OC[C@H]1O[C@@H](n2cnc3c(N)ncnc32)[C@H](O)[C@@H]1OP(=O)(O)O. The number of aliphatic hydroxyl groups is 2. The number of carbonyl (C=O) groups excluding carboxylic acids is 2. The van der Waals surface area contributed by atoms with Crippen molar-refractivity contribution in [1.29, 1.82) is 0 Å². The lowest BCUT2D eigenvalue weighted by atomic mass is 9.87. The van der Waals surface area contributed by atoms with E-state index < -0.39 is 78.6 Å². The zero-order chi connectivity index (χ0) is 41.7. The zero-order valence-electron chi connectivity index (χ0n) is 30.9. The van der Waals surface area contributed by atoms with Gasteiger partial charge in [0.05, 0.1) is 19.5 Å². The predicted molar refractivity (Wildman–Crippen MR) is 200 cm³/mol. The molecule has 0 saturated carbocycles. The molecule has 56 heavy (non-hydrogen) atoms. The number of nitrogens with two attached hydrogens (primary N) is 1. The number of fused-ring (bicyclic) bond motifs is 1. The molecule has 318 valence electrons. The number of rotatable bonds is 25. The molecule has 27 heteroatoms. The van der Waals surface area contributed by atoms with E-state index in [0.717, 1.165) is 30.1 Å². The maximum Gasteiger partial charge on any atom is 0.481 e. The van der Waals surface area contributed by atoms with Crippen molar-refractivity contribution in [3.05, 3.63) is 24.1 Å². The first-order valence-corrected chi connectivity index (χ1v) is 22.9. The van der Waals surface area contributed by atoms with E-state index >= 15 is 0 Å². The maximum atomic E-state index is 12.7. The highest BCUT2D eigenvalue weighted by Crippen LogP contribution is 2.61. The summed E-state index contributed by atoms with van der Waals surface area (Å²) in [7, 11) is -16.3. The van der Waals surface area contributed by atoms with Gasteiger partial charge < -0.3 is 50.9 Å². The maximum absolute atomic E-state index is 12.7. The number of thioether (sulfide) groups is 1. The van der Waals surface area contributed by atoms with E-state index in [0.29, 0.717) is 12.3 Å². The van der Waals surface area contributed by atoms with Crippen LogP contribution in [-0.2, 0) is 45.9 Å². The molecule has 2 amide bonds. The number of phosphoric acid groups is 3. The van der Waals surface area contributed by atoms with Crippen molar-refractivity contribution in [2.24, 2.45) is 5.41 Å². The Labute approximate surface area is 326 Å². The average molecular weight is 878 g/mol. The van der Waals surface area contributed by atoms with Crippen LogP contribution < -0.4 is 16.4 Å². The first kappa shape index (κ1) is 48.0. The standard InChI is InChI=1S/C29H50N7O16P3S/c1-4-5-6-7-8-9-13-56-14-12-31-20(37)10-11-32-27(40)24(39)29(2,3)16-49-55(46,47)52-54(44,45)48-15-19-23(51-53(41,42)43)22(38)28(50-19)36-18-35-21-25(30)33-17-34-26(21)36/h9,13,17-19,22-24,28,38-39H,4-8,10-12,14-16H2,1-3H3,(H,31,37)(H,32,40)(H,44,45)(H,46,47)(H2,30,33,34)(H2,41,42,43)/b13-9+/t19-,22-,23-,24+,28-/m1/s1. The molecular weight excluding hydrogens is 827 g/mol. The number of imidazole rings is 1. The number of unbranched alkanes of at least 4 members (excludes halogenated alkanes) is 4. The number of aliphatic hydroxyl groups excluding tert-OH is 2. The molecule has 3 heterocycles. The Balaban J connectivity index is 1.46. The third-order valence-electron chi connectivity index (χ3n) is 8.04. The highest BCUT2D eigenvalue weighted by molar-refractivity contribution is 8.02. The lowest BCUT2D eigenvalue weighted by Crippen LogP contribution is -2.46. The van der Waals surface area contributed by atoms with Crippen LogP contribution in [0.5, 0.6) is 0 Å². The first-order valence-electron chi connectivity index (χ1n) is 17.3. The molecule has 23 nitrogen and oxygen atoms in total. The van der Waals surface area contributed by atoms with Crippen molar-refractivity contribution in [3.8, 4) is 0 Å². The number of hydrogen-bond acceptors (Lipinski definition) is 17. The van der Waals surface area contributed by atoms with Crippen LogP contribution in [-0.4, -0.2) is 118 Å². The van der Waals surface area contributed by atoms with Gasteiger partial charge in [0, 0.05) is 30.7 Å². The van der Waals surface area contributed by atoms with Crippen molar-refractivity contribution in [2.45, 2.75) is 89.9 Å². The molecule has 0 bridgehead atoms. The molecule has 2 aromatic heterocycles. The molecule has 2 unspecified atom stereocenters. The monoisotopic (exact) mass is 877 g/mol. The fraction of sp³-hybridized carbons (Fsp3) is 0.690. The van der Waals surface area contributed by atoms with Crippen LogP contribution in [0.3, 0.4) is 0 Å². The number of ether oxygens (including phenoxy) is 1. The molecule has 0 aromatic carbocycles. The summed E-state index contributed by atoms with van der Waals surface area (Å²) >= 11 is 1.57. The van der Waals surface area contributed by atoms with Gasteiger partial charge in [-0.25, -0.2) is 28.6 Å². The van der Waals surface area contributed by atoms with Crippen molar-refractivity contribution in [1.82, 2.24) is 30.2 Å². The second kappa shape index (κ2) is 21.6. The molecule has 10 N–H and O–H groups in total. The molecule has 1 saturated heterocycles. The minimum atomic E-state index is -5.55. The Hall–Kier alpha value is -2.37. The highest BCUT2D eigenvalue weighted by Gasteiger charge is 2.50. The fourth-order valence-electron chi connectivity index (χ4n) is 5.08. The Kier molecular flexibility index (Phi) is 18.5. The number of hydrogen-bond donors (Lipinski definition) is 9. The molecule has 0 radical (unpaired) electrons. The van der Waals surface area contributed by atoms with Gasteiger partial charge in [-0.15, -0.1) is 11.8 Å². The number of amides is 2. The van der Waals surface area contributed by atoms with Gasteiger partial charge >= 0.3 is 23.5 Å². The summed E-state index contributed by atoms with van der Waals surface area (Å²) in [5.74, 6) is -0.625. The number of carbonyl (C=O) groups is 2. The van der Waals surface area contributed by atoms with E-state index in [1.54, 1.807) is 11.8 Å². The molecular formula is C29H50N7O16P3S. The van der Waals surface area contributed by atoms with Crippen LogP contribution in [0, 0.1) is 5.41 Å². The van der Waals surface area contributed by atoms with Crippen LogP contribution in [0.15, 0.2) is 24.1 Å². The third-order valence-corrected chi connectivity index (χ3v) is 12.0. The van der Waals surface area contributed by atoms with Gasteiger partial charge in [-0.05, 0) is 18.2 Å². The van der Waals surface area contributed by atoms with Crippen LogP contribution in [0.4, 0.5) is 5.82 Å². The van der Waals surface area contributed by atoms with Crippen LogP contribution in [0.1, 0.15) is 65.5 Å². The summed E-state index contributed by atoms with van der Waals surface area (Å²) in [6.07, 6.45) is 1.14. The van der Waals surface area contributed by atoms with E-state index in [2.05, 4.69) is 47.4 Å². The van der Waals surface area contributed by atoms with Gasteiger partial charge in [-0.1, -0.05) is 46.1 Å². The average Bonchev–Trinajstić information content (AvgIpc) is 3.67. The molecule has 7 atom stereocenters. The van der Waals surface area contributed by atoms with E-state index in [1.165, 1.54) is 33.1 Å². The fourth-order valence-corrected chi connectivity index (χ4v) is 8.54. The molecule has 1 aliphatic heterocycles. The number of nitrogens with zero attached hydrogens (tertiary/aromatic N) is 4. The van der Waals surface area contributed by atoms with Crippen molar-refractivity contribution < 1.29 is 75.7 Å². The van der Waals surface area contributed by atoms with Crippen molar-refractivity contribution in [2.75, 3.05) is 37.8 Å². The van der Waals surface area contributed by atoms with Gasteiger partial charge in [-0.2, -0.15) is 4.31 Å². The topological polar surface area (TPSA) is 347 Å². The lowest BCUT2D eigenvalue weighted by Gasteiger charge is -2.30. The Morgan fingerprint density at radius 3 is 2.48 bits per heavy atom. The second-order valence-electron chi connectivity index (χ2n) is 13.2. The minimum Gasteiger partial charge on any atom is -0.386 e. The third kappa shape index (κ3) is 15.4. The lowest BCUT2D eigenvalue weighted by molar-refractivity contribution is -0.137. The summed E-state index contributed by atoms with van der Waals surface area (Å²) in [6, 6.07) is 0. The van der Waals surface area contributed by atoms with Gasteiger partial charge in [-0.3, -0.25) is 27.7 Å². The van der Waals surface area contributed by atoms with Gasteiger partial charge in [0.15, 0.2) is 17.7 Å². The number of nitrogens with one attached hydrogen (secondary N) is 2. The summed E-state index contributed by atoms with van der Waals surface area (Å²) in [6.45, 7) is 3.03. The van der Waals surface area contributed by atoms with Crippen molar-refractivity contribution >= 4 is 64.0 Å². The highest BCUT2D eigenvalue weighted by atomic mass is 32.2. The van der Waals surface area contributed by atoms with Gasteiger partial charge in [0.25, 0.3) is 0 Å². The summed E-state index contributed by atoms with van der Waals surface area (Å²) in [4.78, 5) is 75.7. The normalized spacial score (nSPS) is 21.9. The predicted octanol–water partition coefficient (Wildman–Crippen LogP) is 1.62. The molecule has 1 fully saturated rings. The quantitative estimate of drug-likeness (QED) is 0.0505. The van der Waals surface area contributed by atoms with Crippen LogP contribution in [0.25, 0.3) is 11.2 Å². The first-order chi connectivity index (χ1) is 26.2. The van der Waals surface area contributed by atoms with Gasteiger partial charge in [0.1, 0.15) is 36.3 Å². The smallest absolute Gasteiger partial charge is 0.386 e. The molecule has 2 aromatic rings. The second-order valence-corrected chi connectivity index (χ2v) is 18.4. The number of phosphoric ester groups is 3. The number of nitrogen functional groups attached to an aromatic ring is 1. The zero-order valence-corrected chi connectivity index (χ0v) is 34.4. The van der Waals surface area contributed by atoms with E-state index in [-0.39, 0.29) is 35.9 Å². The van der Waals surface area contributed by atoms with Crippen LogP contribution >= 0.6 is 35.2 Å². The molecule has 1 aliphatic rings. The number of anilines is 1. The summed E-state index contributed by atoms with van der Waals surface area (Å²) in [5.41, 5.74) is 4.32. The number of allylic oxidation sites excluding steroid dienone is 1. The van der Waals surface area contributed by atoms with E-state index in [1.807, 2.05) is 5.41 Å². The minimum absolute atomic E-state index is 0.0344. The summed E-state index contributed by atoms with van der Waals surface area (Å²) in [5, 5.41) is 28.6. The summed E-state index contributed by atoms with van der Waals surface area (Å²) < 4.78 is 62.2. The van der Waals surface area contributed by atoms with Crippen molar-refractivity contribution in [3.63, 3.8) is 0 Å². The molecule has 0 aliphatic carbocycles. The number of aromatic nitrogens is 4. The van der Waals surface area contributed by atoms with E-state index in [4.69, 9.17) is 19.5 Å². The molecule has 0 spiro atoms. The Morgan fingerprint density at radius 2 is 1.79 bits per heavy atom. The van der Waals surface area contributed by atoms with Gasteiger partial charge in [0.2, 0.25) is 11.8 Å². The Morgan fingerprint density at radius 1 is 1.07 bits per heavy atom. The molecule has 3 rings (SSSR count).